The Labute approximate surface area is 192 Å². The van der Waals surface area contributed by atoms with E-state index >= 15 is 0 Å². The van der Waals surface area contributed by atoms with E-state index in [-0.39, 0.29) is 11.4 Å². The van der Waals surface area contributed by atoms with Crippen molar-refractivity contribution in [2.75, 3.05) is 42.3 Å². The van der Waals surface area contributed by atoms with Crippen molar-refractivity contribution in [1.82, 2.24) is 14.8 Å². The lowest BCUT2D eigenvalue weighted by Crippen LogP contribution is -2.37. The van der Waals surface area contributed by atoms with Gasteiger partial charge in [-0.15, -0.1) is 10.2 Å². The molecule has 0 aliphatic carbocycles. The number of thioether (sulfide) groups is 1. The van der Waals surface area contributed by atoms with Gasteiger partial charge in [0.15, 0.2) is 5.16 Å². The van der Waals surface area contributed by atoms with Crippen molar-refractivity contribution >= 4 is 29.0 Å². The number of hydrogen-bond acceptors (Lipinski definition) is 6. The minimum absolute atomic E-state index is 0.0379. The fraction of sp³-hybridized carbons (Fsp3) is 0.318. The molecule has 2 heterocycles. The molecule has 1 aromatic heterocycles. The smallest absolute Gasteiger partial charge is 0.378 e. The van der Waals surface area contributed by atoms with Gasteiger partial charge >= 0.3 is 6.18 Å². The number of alkyl halides is 3. The number of carbonyl (C=O) groups is 1. The van der Waals surface area contributed by atoms with E-state index in [0.29, 0.717) is 43.0 Å². The summed E-state index contributed by atoms with van der Waals surface area (Å²) in [6.07, 6.45) is -4.51. The van der Waals surface area contributed by atoms with E-state index in [9.17, 15) is 18.0 Å². The maximum Gasteiger partial charge on any atom is 0.416 e. The highest BCUT2D eigenvalue weighted by molar-refractivity contribution is 7.99. The molecule has 174 valence electrons. The second kappa shape index (κ2) is 9.84. The van der Waals surface area contributed by atoms with Gasteiger partial charge in [-0.3, -0.25) is 9.36 Å². The molecule has 33 heavy (non-hydrogen) atoms. The Morgan fingerprint density at radius 2 is 1.85 bits per heavy atom. The van der Waals surface area contributed by atoms with Crippen LogP contribution in [0.15, 0.2) is 53.7 Å². The van der Waals surface area contributed by atoms with Crippen LogP contribution in [0.25, 0.3) is 5.69 Å². The molecule has 1 aliphatic rings. The van der Waals surface area contributed by atoms with Gasteiger partial charge in [0, 0.05) is 18.8 Å². The van der Waals surface area contributed by atoms with Crippen molar-refractivity contribution in [2.24, 2.45) is 0 Å². The average molecular weight is 478 g/mol. The van der Waals surface area contributed by atoms with Crippen molar-refractivity contribution in [3.63, 3.8) is 0 Å². The van der Waals surface area contributed by atoms with E-state index in [1.807, 2.05) is 39.8 Å². The zero-order valence-electron chi connectivity index (χ0n) is 17.8. The fourth-order valence-corrected chi connectivity index (χ4v) is 4.32. The minimum Gasteiger partial charge on any atom is -0.378 e. The predicted molar refractivity (Wildman–Crippen MR) is 120 cm³/mol. The molecule has 0 radical (unpaired) electrons. The van der Waals surface area contributed by atoms with Crippen molar-refractivity contribution in [2.45, 2.75) is 18.3 Å². The van der Waals surface area contributed by atoms with Crippen LogP contribution in [0, 0.1) is 6.92 Å². The van der Waals surface area contributed by atoms with E-state index in [1.165, 1.54) is 6.07 Å². The molecule has 11 heteroatoms. The second-order valence-electron chi connectivity index (χ2n) is 7.37. The Kier molecular flexibility index (Phi) is 6.89. The molecule has 1 amide bonds. The molecule has 0 saturated carbocycles. The highest BCUT2D eigenvalue weighted by atomic mass is 32.2. The van der Waals surface area contributed by atoms with Gasteiger partial charge in [0.25, 0.3) is 0 Å². The van der Waals surface area contributed by atoms with Gasteiger partial charge in [0.1, 0.15) is 5.82 Å². The molecule has 2 aromatic carbocycles. The van der Waals surface area contributed by atoms with Crippen LogP contribution in [0.5, 0.6) is 0 Å². The van der Waals surface area contributed by atoms with Crippen LogP contribution in [0.3, 0.4) is 0 Å². The van der Waals surface area contributed by atoms with Crippen LogP contribution in [0.1, 0.15) is 11.4 Å². The molecule has 4 rings (SSSR count). The van der Waals surface area contributed by atoms with Gasteiger partial charge < -0.3 is 15.0 Å². The first kappa shape index (κ1) is 23.1. The van der Waals surface area contributed by atoms with E-state index in [2.05, 4.69) is 15.5 Å². The zero-order chi connectivity index (χ0) is 23.4. The highest BCUT2D eigenvalue weighted by Crippen LogP contribution is 2.36. The topological polar surface area (TPSA) is 72.3 Å². The quantitative estimate of drug-likeness (QED) is 0.538. The van der Waals surface area contributed by atoms with Crippen molar-refractivity contribution in [1.29, 1.82) is 0 Å². The number of morpholine rings is 1. The average Bonchev–Trinajstić information content (AvgIpc) is 3.18. The molecule has 3 aromatic rings. The van der Waals surface area contributed by atoms with E-state index in [0.717, 1.165) is 29.6 Å². The van der Waals surface area contributed by atoms with E-state index < -0.39 is 17.6 Å². The predicted octanol–water partition coefficient (Wildman–Crippen LogP) is 4.16. The van der Waals surface area contributed by atoms with Gasteiger partial charge in [-0.1, -0.05) is 30.0 Å². The van der Waals surface area contributed by atoms with E-state index in [4.69, 9.17) is 4.74 Å². The Balaban J connectivity index is 1.52. The third kappa shape index (κ3) is 5.48. The molecule has 1 aliphatic heterocycles. The van der Waals surface area contributed by atoms with Crippen LogP contribution in [0.2, 0.25) is 0 Å². The number of aryl methyl sites for hydroxylation is 1. The normalized spacial score (nSPS) is 14.4. The van der Waals surface area contributed by atoms with Crippen LogP contribution in [0.4, 0.5) is 24.5 Å². The number of halogens is 3. The minimum atomic E-state index is -4.51. The summed E-state index contributed by atoms with van der Waals surface area (Å²) in [5, 5.41) is 11.4. The Hall–Kier alpha value is -3.05. The fourth-order valence-electron chi connectivity index (χ4n) is 3.52. The molecule has 1 saturated heterocycles. The summed E-state index contributed by atoms with van der Waals surface area (Å²) in [5.74, 6) is 0.190. The number of anilines is 2. The third-order valence-corrected chi connectivity index (χ3v) is 6.02. The summed E-state index contributed by atoms with van der Waals surface area (Å²) in [5.41, 5.74) is 0.697. The first-order chi connectivity index (χ1) is 15.8. The highest BCUT2D eigenvalue weighted by Gasteiger charge is 2.32. The maximum absolute atomic E-state index is 13.3. The summed E-state index contributed by atoms with van der Waals surface area (Å²) in [6.45, 7) is 3.81. The SMILES string of the molecule is Cc1nnc(SCC(=O)Nc2cc(C(F)(F)F)ccc2N2CCOCC2)n1-c1ccccc1. The molecule has 0 atom stereocenters. The van der Waals surface area contributed by atoms with Gasteiger partial charge in [0.2, 0.25) is 5.91 Å². The monoisotopic (exact) mass is 477 g/mol. The number of para-hydroxylation sites is 1. The number of nitrogens with one attached hydrogen (secondary N) is 1. The van der Waals surface area contributed by atoms with Gasteiger partial charge in [0.05, 0.1) is 35.9 Å². The summed E-state index contributed by atoms with van der Waals surface area (Å²) in [7, 11) is 0. The van der Waals surface area contributed by atoms with Gasteiger partial charge in [-0.2, -0.15) is 13.2 Å². The standard InChI is InChI=1S/C22H22F3N5O2S/c1-15-27-28-21(30(15)17-5-3-2-4-6-17)33-14-20(31)26-18-13-16(22(23,24)25)7-8-19(18)29-9-11-32-12-10-29/h2-8,13H,9-12,14H2,1H3,(H,26,31). The number of nitrogens with zero attached hydrogens (tertiary/aromatic N) is 4. The van der Waals surface area contributed by atoms with Gasteiger partial charge in [-0.25, -0.2) is 0 Å². The number of hydrogen-bond donors (Lipinski definition) is 1. The lowest BCUT2D eigenvalue weighted by Gasteiger charge is -2.31. The van der Waals surface area contributed by atoms with Crippen molar-refractivity contribution in [3.8, 4) is 5.69 Å². The Morgan fingerprint density at radius 1 is 1.12 bits per heavy atom. The molecule has 7 nitrogen and oxygen atoms in total. The lowest BCUT2D eigenvalue weighted by molar-refractivity contribution is -0.137. The summed E-state index contributed by atoms with van der Waals surface area (Å²) in [6, 6.07) is 12.9. The van der Waals surface area contributed by atoms with E-state index in [1.54, 1.807) is 6.92 Å². The van der Waals surface area contributed by atoms with Crippen LogP contribution >= 0.6 is 11.8 Å². The first-order valence-electron chi connectivity index (χ1n) is 10.3. The molecular weight excluding hydrogens is 455 g/mol. The number of carbonyl (C=O) groups excluding carboxylic acids is 1. The largest absolute Gasteiger partial charge is 0.416 e. The van der Waals surface area contributed by atoms with Crippen LogP contribution in [-0.4, -0.2) is 52.7 Å². The summed E-state index contributed by atoms with van der Waals surface area (Å²) < 4.78 is 47.0. The second-order valence-corrected chi connectivity index (χ2v) is 8.31. The summed E-state index contributed by atoms with van der Waals surface area (Å²) >= 11 is 1.16. The van der Waals surface area contributed by atoms with Crippen molar-refractivity contribution < 1.29 is 22.7 Å². The van der Waals surface area contributed by atoms with Crippen molar-refractivity contribution in [3.05, 3.63) is 59.9 Å². The Morgan fingerprint density at radius 3 is 2.55 bits per heavy atom. The number of benzene rings is 2. The number of rotatable bonds is 6. The summed E-state index contributed by atoms with van der Waals surface area (Å²) in [4.78, 5) is 14.6. The molecular formula is C22H22F3N5O2S. The number of amides is 1. The Bertz CT molecular complexity index is 1110. The molecule has 1 fully saturated rings. The lowest BCUT2D eigenvalue weighted by atomic mass is 10.1. The number of ether oxygens (including phenoxy) is 1. The number of aromatic nitrogens is 3. The molecule has 0 unspecified atom stereocenters. The first-order valence-corrected chi connectivity index (χ1v) is 11.3. The molecule has 0 spiro atoms. The molecule has 0 bridgehead atoms. The third-order valence-electron chi connectivity index (χ3n) is 5.09. The van der Waals surface area contributed by atoms with Crippen LogP contribution < -0.4 is 10.2 Å². The maximum atomic E-state index is 13.3. The van der Waals surface area contributed by atoms with Gasteiger partial charge in [-0.05, 0) is 37.3 Å². The zero-order valence-corrected chi connectivity index (χ0v) is 18.6. The molecule has 1 N–H and O–H groups in total. The van der Waals surface area contributed by atoms with Crippen LogP contribution in [-0.2, 0) is 15.7 Å².